The number of nitrogens with one attached hydrogen (secondary N) is 4. The number of ketones is 1. The molecule has 1 fully saturated rings. The van der Waals surface area contributed by atoms with Crippen LogP contribution in [-0.2, 0) is 4.79 Å². The molecule has 3 atom stereocenters. The molecular formula is C22H34N4O2+2. The summed E-state index contributed by atoms with van der Waals surface area (Å²) in [5, 5.41) is 4.05. The van der Waals surface area contributed by atoms with E-state index in [1.54, 1.807) is 0 Å². The molecule has 1 saturated heterocycles. The average Bonchev–Trinajstić information content (AvgIpc) is 2.92. The molecule has 1 amide bonds. The summed E-state index contributed by atoms with van der Waals surface area (Å²) in [5.74, 6) is 0.301. The lowest BCUT2D eigenvalue weighted by Gasteiger charge is -2.24. The van der Waals surface area contributed by atoms with Gasteiger partial charge in [-0.05, 0) is 33.8 Å². The number of amides is 1. The second-order valence-corrected chi connectivity index (χ2v) is 9.07. The van der Waals surface area contributed by atoms with Gasteiger partial charge in [0.2, 0.25) is 5.78 Å². The van der Waals surface area contributed by atoms with Crippen LogP contribution in [0.1, 0.15) is 44.5 Å². The van der Waals surface area contributed by atoms with E-state index >= 15 is 0 Å². The molecule has 6 heteroatoms. The van der Waals surface area contributed by atoms with Crippen LogP contribution in [-0.4, -0.2) is 61.0 Å². The van der Waals surface area contributed by atoms with Gasteiger partial charge in [-0.2, -0.15) is 0 Å². The molecule has 4 N–H and O–H groups in total. The maximum absolute atomic E-state index is 13.1. The minimum absolute atomic E-state index is 0.0815. The molecule has 0 saturated carbocycles. The zero-order valence-electron chi connectivity index (χ0n) is 17.5. The smallest absolute Gasteiger partial charge is 0.275 e. The number of H-pyrrole nitrogens is 1. The first kappa shape index (κ1) is 20.6. The van der Waals surface area contributed by atoms with Gasteiger partial charge in [0, 0.05) is 34.6 Å². The van der Waals surface area contributed by atoms with Gasteiger partial charge in [-0.3, -0.25) is 9.59 Å². The summed E-state index contributed by atoms with van der Waals surface area (Å²) in [6.45, 7) is 12.3. The van der Waals surface area contributed by atoms with Crippen molar-refractivity contribution in [1.29, 1.82) is 0 Å². The largest absolute Gasteiger partial charge is 0.360 e. The van der Waals surface area contributed by atoms with E-state index in [1.165, 1.54) is 9.80 Å². The highest BCUT2D eigenvalue weighted by Gasteiger charge is 2.31. The van der Waals surface area contributed by atoms with Crippen molar-refractivity contribution in [3.63, 3.8) is 0 Å². The Balaban J connectivity index is 1.60. The molecular weight excluding hydrogens is 352 g/mol. The van der Waals surface area contributed by atoms with Crippen molar-refractivity contribution in [3.8, 4) is 0 Å². The van der Waals surface area contributed by atoms with Crippen LogP contribution in [0.2, 0.25) is 0 Å². The predicted octanol–water partition coefficient (Wildman–Crippen LogP) is -0.173. The number of quaternary nitrogens is 2. The van der Waals surface area contributed by atoms with E-state index in [1.807, 2.05) is 58.2 Å². The first-order valence-electron chi connectivity index (χ1n) is 10.3. The van der Waals surface area contributed by atoms with Gasteiger partial charge >= 0.3 is 0 Å². The van der Waals surface area contributed by atoms with Crippen molar-refractivity contribution in [1.82, 2.24) is 10.3 Å². The highest BCUT2D eigenvalue weighted by atomic mass is 16.2. The summed E-state index contributed by atoms with van der Waals surface area (Å²) >= 11 is 0. The molecule has 0 bridgehead atoms. The molecule has 0 radical (unpaired) electrons. The van der Waals surface area contributed by atoms with Crippen LogP contribution in [0.25, 0.3) is 10.9 Å². The van der Waals surface area contributed by atoms with Crippen LogP contribution in [0, 0.1) is 0 Å². The molecule has 152 valence electrons. The minimum atomic E-state index is -0.195. The number of benzene rings is 1. The first-order valence-corrected chi connectivity index (χ1v) is 10.3. The lowest BCUT2D eigenvalue weighted by molar-refractivity contribution is -0.942. The van der Waals surface area contributed by atoms with Crippen molar-refractivity contribution in [2.24, 2.45) is 0 Å². The molecule has 1 aliphatic heterocycles. The van der Waals surface area contributed by atoms with Crippen LogP contribution in [0.5, 0.6) is 0 Å². The average molecular weight is 387 g/mol. The summed E-state index contributed by atoms with van der Waals surface area (Å²) in [4.78, 5) is 31.2. The Labute approximate surface area is 167 Å². The number of aromatic nitrogens is 1. The molecule has 1 aromatic heterocycles. The topological polar surface area (TPSA) is 70.8 Å². The number of fused-ring (bicyclic) bond motifs is 1. The van der Waals surface area contributed by atoms with Crippen molar-refractivity contribution >= 4 is 22.6 Å². The van der Waals surface area contributed by atoms with Crippen LogP contribution < -0.4 is 15.1 Å². The van der Waals surface area contributed by atoms with Gasteiger partial charge in [-0.1, -0.05) is 18.2 Å². The minimum Gasteiger partial charge on any atom is -0.360 e. The maximum Gasteiger partial charge on any atom is 0.275 e. The SMILES string of the molecule is C[C@@H](C(=O)c1c[nH]c2ccccc12)[NH+]1CCC[NH+](CC(=O)NC(C)(C)C)CC1. The van der Waals surface area contributed by atoms with Gasteiger partial charge in [-0.15, -0.1) is 0 Å². The van der Waals surface area contributed by atoms with E-state index < -0.39 is 0 Å². The summed E-state index contributed by atoms with van der Waals surface area (Å²) in [5.41, 5.74) is 1.60. The standard InChI is InChI=1S/C22H32N4O2/c1-16(21(28)18-14-23-19-9-6-5-8-17(18)19)26-11-7-10-25(12-13-26)15-20(27)24-22(2,3)4/h5-6,8-9,14,16,23H,7,10-13,15H2,1-4H3,(H,24,27)/p+2/t16-/m0/s1. The molecule has 2 heterocycles. The second kappa shape index (κ2) is 8.45. The summed E-state index contributed by atoms with van der Waals surface area (Å²) in [6.07, 6.45) is 2.87. The van der Waals surface area contributed by atoms with Gasteiger partial charge < -0.3 is 20.1 Å². The molecule has 1 aromatic carbocycles. The quantitative estimate of drug-likeness (QED) is 0.539. The predicted molar refractivity (Wildman–Crippen MR) is 111 cm³/mol. The fourth-order valence-corrected chi connectivity index (χ4v) is 4.15. The Hall–Kier alpha value is -2.18. The van der Waals surface area contributed by atoms with Gasteiger partial charge in [0.15, 0.2) is 6.54 Å². The number of para-hydroxylation sites is 1. The van der Waals surface area contributed by atoms with E-state index in [0.717, 1.165) is 49.1 Å². The second-order valence-electron chi connectivity index (χ2n) is 9.07. The van der Waals surface area contributed by atoms with Gasteiger partial charge in [0.25, 0.3) is 5.91 Å². The monoisotopic (exact) mass is 386 g/mol. The summed E-state index contributed by atoms with van der Waals surface area (Å²) in [6, 6.07) is 7.87. The molecule has 0 spiro atoms. The van der Waals surface area contributed by atoms with E-state index in [0.29, 0.717) is 6.54 Å². The highest BCUT2D eigenvalue weighted by molar-refractivity contribution is 6.09. The normalized spacial score (nSPS) is 21.9. The van der Waals surface area contributed by atoms with Crippen LogP contribution >= 0.6 is 0 Å². The highest BCUT2D eigenvalue weighted by Crippen LogP contribution is 2.18. The van der Waals surface area contributed by atoms with E-state index in [2.05, 4.69) is 10.3 Å². The van der Waals surface area contributed by atoms with Crippen molar-refractivity contribution in [2.45, 2.75) is 45.7 Å². The van der Waals surface area contributed by atoms with Gasteiger partial charge in [0.05, 0.1) is 13.1 Å². The third-order valence-electron chi connectivity index (χ3n) is 5.61. The van der Waals surface area contributed by atoms with Crippen LogP contribution in [0.3, 0.4) is 0 Å². The fraction of sp³-hybridized carbons (Fsp3) is 0.545. The Morgan fingerprint density at radius 1 is 1.14 bits per heavy atom. The molecule has 2 unspecified atom stereocenters. The number of rotatable bonds is 5. The number of carbonyl (C=O) groups excluding carboxylic acids is 2. The van der Waals surface area contributed by atoms with Crippen molar-refractivity contribution in [2.75, 3.05) is 32.7 Å². The van der Waals surface area contributed by atoms with E-state index in [4.69, 9.17) is 0 Å². The molecule has 3 rings (SSSR count). The Bertz CT molecular complexity index is 836. The van der Waals surface area contributed by atoms with Crippen molar-refractivity contribution < 1.29 is 19.4 Å². The van der Waals surface area contributed by atoms with Crippen LogP contribution in [0.4, 0.5) is 0 Å². The van der Waals surface area contributed by atoms with Crippen molar-refractivity contribution in [3.05, 3.63) is 36.0 Å². The zero-order valence-corrected chi connectivity index (χ0v) is 17.5. The lowest BCUT2D eigenvalue weighted by atomic mass is 10.0. The van der Waals surface area contributed by atoms with Crippen LogP contribution in [0.15, 0.2) is 30.5 Å². The summed E-state index contributed by atoms with van der Waals surface area (Å²) in [7, 11) is 0. The number of aromatic amines is 1. The third kappa shape index (κ3) is 5.00. The zero-order chi connectivity index (χ0) is 20.3. The number of carbonyl (C=O) groups is 2. The molecule has 6 nitrogen and oxygen atoms in total. The fourth-order valence-electron chi connectivity index (χ4n) is 4.15. The lowest BCUT2D eigenvalue weighted by Crippen LogP contribution is -3.20. The van der Waals surface area contributed by atoms with E-state index in [-0.39, 0.29) is 23.3 Å². The Morgan fingerprint density at radius 3 is 2.64 bits per heavy atom. The Morgan fingerprint density at radius 2 is 1.89 bits per heavy atom. The molecule has 28 heavy (non-hydrogen) atoms. The maximum atomic E-state index is 13.1. The third-order valence-corrected chi connectivity index (χ3v) is 5.61. The number of hydrogen-bond acceptors (Lipinski definition) is 2. The molecule has 2 aromatic rings. The number of Topliss-reactive ketones (excluding diaryl/α,β-unsaturated/α-hetero) is 1. The summed E-state index contributed by atoms with van der Waals surface area (Å²) < 4.78 is 0. The molecule has 0 aliphatic carbocycles. The van der Waals surface area contributed by atoms with E-state index in [9.17, 15) is 9.59 Å². The van der Waals surface area contributed by atoms with Gasteiger partial charge in [-0.25, -0.2) is 0 Å². The molecule has 1 aliphatic rings. The first-order chi connectivity index (χ1) is 13.2. The number of hydrogen-bond donors (Lipinski definition) is 4. The Kier molecular flexibility index (Phi) is 6.20. The van der Waals surface area contributed by atoms with Gasteiger partial charge in [0.1, 0.15) is 19.1 Å².